The van der Waals surface area contributed by atoms with Crippen molar-refractivity contribution in [2.24, 2.45) is 0 Å². The molecule has 1 aromatic carbocycles. The highest BCUT2D eigenvalue weighted by Crippen LogP contribution is 2.26. The van der Waals surface area contributed by atoms with Crippen molar-refractivity contribution >= 4 is 33.4 Å². The number of alkyl halides is 1. The van der Waals surface area contributed by atoms with Gasteiger partial charge in [-0.05, 0) is 25.5 Å². The Morgan fingerprint density at radius 1 is 1.55 bits per heavy atom. The quantitative estimate of drug-likeness (QED) is 0.798. The topological polar surface area (TPSA) is 58.7 Å². The molecular formula is C14H16ClN3OS. The van der Waals surface area contributed by atoms with Gasteiger partial charge in [0.05, 0.1) is 17.0 Å². The lowest BCUT2D eigenvalue weighted by Crippen LogP contribution is -2.11. The van der Waals surface area contributed by atoms with Gasteiger partial charge in [-0.2, -0.15) is 5.26 Å². The van der Waals surface area contributed by atoms with E-state index in [2.05, 4.69) is 22.5 Å². The number of halogens is 1. The third-order valence-electron chi connectivity index (χ3n) is 3.30. The molecule has 0 bridgehead atoms. The van der Waals surface area contributed by atoms with Gasteiger partial charge in [0, 0.05) is 28.9 Å². The van der Waals surface area contributed by atoms with Crippen molar-refractivity contribution in [1.29, 1.82) is 5.26 Å². The van der Waals surface area contributed by atoms with Gasteiger partial charge in [0.1, 0.15) is 17.4 Å². The molecule has 0 fully saturated rings. The van der Waals surface area contributed by atoms with Crippen LogP contribution in [0.15, 0.2) is 18.2 Å². The Hall–Kier alpha value is -1.38. The molecule has 1 aromatic heterocycles. The molecular weight excluding hydrogens is 294 g/mol. The molecule has 6 heteroatoms. The van der Waals surface area contributed by atoms with E-state index in [9.17, 15) is 4.21 Å². The first-order chi connectivity index (χ1) is 9.58. The first kappa shape index (κ1) is 15.0. The number of fused-ring (bicyclic) bond motifs is 1. The van der Waals surface area contributed by atoms with Gasteiger partial charge >= 0.3 is 0 Å². The van der Waals surface area contributed by atoms with Crippen LogP contribution >= 0.6 is 11.6 Å². The summed E-state index contributed by atoms with van der Waals surface area (Å²) in [5.41, 5.74) is 2.16. The fourth-order valence-electron chi connectivity index (χ4n) is 2.31. The molecule has 4 nitrogen and oxygen atoms in total. The average molecular weight is 310 g/mol. The van der Waals surface area contributed by atoms with Gasteiger partial charge in [-0.15, -0.1) is 11.6 Å². The van der Waals surface area contributed by atoms with Crippen LogP contribution in [0.4, 0.5) is 0 Å². The summed E-state index contributed by atoms with van der Waals surface area (Å²) in [5, 5.41) is 9.15. The maximum Gasteiger partial charge on any atom is 0.125 e. The molecule has 0 radical (unpaired) electrons. The predicted molar refractivity (Wildman–Crippen MR) is 82.3 cm³/mol. The first-order valence-corrected chi connectivity index (χ1v) is 8.60. The van der Waals surface area contributed by atoms with Gasteiger partial charge in [0.2, 0.25) is 0 Å². The van der Waals surface area contributed by atoms with Crippen molar-refractivity contribution in [3.8, 4) is 6.07 Å². The Morgan fingerprint density at radius 3 is 2.90 bits per heavy atom. The minimum absolute atomic E-state index is 0.145. The summed E-state index contributed by atoms with van der Waals surface area (Å²) in [5.74, 6) is 1.68. The smallest absolute Gasteiger partial charge is 0.125 e. The highest BCUT2D eigenvalue weighted by molar-refractivity contribution is 7.84. The number of rotatable bonds is 5. The van der Waals surface area contributed by atoms with Gasteiger partial charge in [0.15, 0.2) is 0 Å². The van der Waals surface area contributed by atoms with Crippen LogP contribution in [0.5, 0.6) is 0 Å². The standard InChI is InChI=1S/C14H16ClN3OS/c1-10(6-7-20(2)19)18-12-5-3-4-11(9-16)14(12)17-13(18)8-15/h3-5,10H,6-8H2,1-2H3. The van der Waals surface area contributed by atoms with Gasteiger partial charge in [0.25, 0.3) is 0 Å². The lowest BCUT2D eigenvalue weighted by molar-refractivity contribution is 0.531. The predicted octanol–water partition coefficient (Wildman–Crippen LogP) is 2.98. The van der Waals surface area contributed by atoms with E-state index in [4.69, 9.17) is 16.9 Å². The summed E-state index contributed by atoms with van der Waals surface area (Å²) in [6, 6.07) is 7.85. The van der Waals surface area contributed by atoms with Gasteiger partial charge in [-0.1, -0.05) is 6.07 Å². The monoisotopic (exact) mass is 309 g/mol. The van der Waals surface area contributed by atoms with Crippen LogP contribution in [0.25, 0.3) is 11.0 Å². The van der Waals surface area contributed by atoms with E-state index in [1.807, 2.05) is 12.1 Å². The molecule has 20 heavy (non-hydrogen) atoms. The van der Waals surface area contributed by atoms with Gasteiger partial charge in [-0.3, -0.25) is 4.21 Å². The van der Waals surface area contributed by atoms with Crippen LogP contribution in [0.2, 0.25) is 0 Å². The first-order valence-electron chi connectivity index (χ1n) is 6.34. The van der Waals surface area contributed by atoms with E-state index >= 15 is 0 Å². The maximum atomic E-state index is 11.3. The summed E-state index contributed by atoms with van der Waals surface area (Å²) in [6.07, 6.45) is 2.49. The van der Waals surface area contributed by atoms with E-state index < -0.39 is 10.8 Å². The Bertz CT molecular complexity index is 690. The van der Waals surface area contributed by atoms with Crippen molar-refractivity contribution in [3.05, 3.63) is 29.6 Å². The SMILES string of the molecule is CC(CCS(C)=O)n1c(CCl)nc2c(C#N)cccc21. The van der Waals surface area contributed by atoms with Crippen molar-refractivity contribution in [1.82, 2.24) is 9.55 Å². The lowest BCUT2D eigenvalue weighted by atomic mass is 10.2. The summed E-state index contributed by atoms with van der Waals surface area (Å²) < 4.78 is 13.3. The average Bonchev–Trinajstić information content (AvgIpc) is 2.82. The number of nitrogens with zero attached hydrogens (tertiary/aromatic N) is 3. The van der Waals surface area contributed by atoms with Crippen LogP contribution in [-0.4, -0.2) is 25.8 Å². The molecule has 1 heterocycles. The van der Waals surface area contributed by atoms with E-state index in [-0.39, 0.29) is 6.04 Å². The van der Waals surface area contributed by atoms with Crippen LogP contribution < -0.4 is 0 Å². The minimum Gasteiger partial charge on any atom is -0.324 e. The maximum absolute atomic E-state index is 11.3. The zero-order valence-electron chi connectivity index (χ0n) is 11.5. The molecule has 2 aromatic rings. The Balaban J connectivity index is 2.51. The Morgan fingerprint density at radius 2 is 2.30 bits per heavy atom. The summed E-state index contributed by atoms with van der Waals surface area (Å²) in [7, 11) is -0.815. The van der Waals surface area contributed by atoms with Crippen molar-refractivity contribution in [3.63, 3.8) is 0 Å². The van der Waals surface area contributed by atoms with Crippen LogP contribution in [0, 0.1) is 11.3 Å². The largest absolute Gasteiger partial charge is 0.324 e. The molecule has 0 aliphatic rings. The molecule has 0 aliphatic heterocycles. The zero-order chi connectivity index (χ0) is 14.7. The summed E-state index contributed by atoms with van der Waals surface area (Å²) >= 11 is 5.98. The Labute approximate surface area is 125 Å². The number of nitriles is 1. The molecule has 2 atom stereocenters. The fourth-order valence-corrected chi connectivity index (χ4v) is 3.17. The molecule has 106 valence electrons. The molecule has 0 amide bonds. The second-order valence-electron chi connectivity index (χ2n) is 4.73. The highest BCUT2D eigenvalue weighted by atomic mass is 35.5. The van der Waals surface area contributed by atoms with E-state index in [0.29, 0.717) is 22.7 Å². The fraction of sp³-hybridized carbons (Fsp3) is 0.429. The molecule has 0 saturated heterocycles. The second-order valence-corrected chi connectivity index (χ2v) is 6.55. The normalized spacial score (nSPS) is 14.1. The highest BCUT2D eigenvalue weighted by Gasteiger charge is 2.17. The molecule has 0 spiro atoms. The van der Waals surface area contributed by atoms with Gasteiger partial charge < -0.3 is 4.57 Å². The molecule has 0 saturated carbocycles. The molecule has 2 unspecified atom stereocenters. The van der Waals surface area contributed by atoms with E-state index in [0.717, 1.165) is 17.8 Å². The summed E-state index contributed by atoms with van der Waals surface area (Å²) in [6.45, 7) is 2.06. The molecule has 0 aliphatic carbocycles. The molecule has 0 N–H and O–H groups in total. The van der Waals surface area contributed by atoms with Crippen molar-refractivity contribution in [2.75, 3.05) is 12.0 Å². The summed E-state index contributed by atoms with van der Waals surface area (Å²) in [4.78, 5) is 4.48. The van der Waals surface area contributed by atoms with Crippen LogP contribution in [-0.2, 0) is 16.7 Å². The van der Waals surface area contributed by atoms with Crippen molar-refractivity contribution < 1.29 is 4.21 Å². The minimum atomic E-state index is -0.815. The number of imidazole rings is 1. The number of benzene rings is 1. The van der Waals surface area contributed by atoms with Crippen LogP contribution in [0.1, 0.15) is 30.8 Å². The number of para-hydroxylation sites is 1. The Kier molecular flexibility index (Phi) is 4.79. The van der Waals surface area contributed by atoms with Crippen LogP contribution in [0.3, 0.4) is 0 Å². The second kappa shape index (κ2) is 6.38. The number of hydrogen-bond donors (Lipinski definition) is 0. The van der Waals surface area contributed by atoms with Crippen molar-refractivity contribution in [2.45, 2.75) is 25.3 Å². The third-order valence-corrected chi connectivity index (χ3v) is 4.35. The van der Waals surface area contributed by atoms with E-state index in [1.165, 1.54) is 0 Å². The number of aromatic nitrogens is 2. The van der Waals surface area contributed by atoms with E-state index in [1.54, 1.807) is 12.3 Å². The molecule has 2 rings (SSSR count). The number of hydrogen-bond acceptors (Lipinski definition) is 3. The third kappa shape index (κ3) is 2.87. The zero-order valence-corrected chi connectivity index (χ0v) is 13.0. The lowest BCUT2D eigenvalue weighted by Gasteiger charge is -2.16. The van der Waals surface area contributed by atoms with Gasteiger partial charge in [-0.25, -0.2) is 4.98 Å².